The number of pyridine rings is 1. The Hall–Kier alpha value is -2.65. The van der Waals surface area contributed by atoms with Gasteiger partial charge in [-0.15, -0.1) is 0 Å². The lowest BCUT2D eigenvalue weighted by Gasteiger charge is -2.09. The fourth-order valence-corrected chi connectivity index (χ4v) is 3.86. The standard InChI is InChI=1S/C19H19BrN4O3S/c1-12-5-4-6-21-18(12)17-7-13(11-24(17)2)19(25)22-15-8-14(20)9-16(10-15)23-28(3,26)27/h4-11,23H,1-3H3,(H,22,25). The van der Waals surface area contributed by atoms with Crippen molar-refractivity contribution in [3.8, 4) is 11.4 Å². The van der Waals surface area contributed by atoms with E-state index in [-0.39, 0.29) is 5.91 Å². The molecule has 0 bridgehead atoms. The van der Waals surface area contributed by atoms with E-state index in [0.717, 1.165) is 23.2 Å². The SMILES string of the molecule is Cc1cccnc1-c1cc(C(=O)Nc2cc(Br)cc(NS(C)(=O)=O)c2)cn1C. The number of rotatable bonds is 5. The van der Waals surface area contributed by atoms with E-state index < -0.39 is 10.0 Å². The van der Waals surface area contributed by atoms with Crippen LogP contribution < -0.4 is 10.0 Å². The molecule has 2 N–H and O–H groups in total. The lowest BCUT2D eigenvalue weighted by atomic mass is 10.1. The van der Waals surface area contributed by atoms with Gasteiger partial charge in [-0.05, 0) is 42.8 Å². The Morgan fingerprint density at radius 1 is 1.18 bits per heavy atom. The van der Waals surface area contributed by atoms with E-state index >= 15 is 0 Å². The van der Waals surface area contributed by atoms with Crippen molar-refractivity contribution in [2.45, 2.75) is 6.92 Å². The Balaban J connectivity index is 1.86. The van der Waals surface area contributed by atoms with E-state index in [1.54, 1.807) is 36.7 Å². The number of hydrogen-bond acceptors (Lipinski definition) is 4. The third kappa shape index (κ3) is 4.79. The molecule has 7 nitrogen and oxygen atoms in total. The van der Waals surface area contributed by atoms with E-state index in [9.17, 15) is 13.2 Å². The first kappa shape index (κ1) is 20.1. The fraction of sp³-hybridized carbons (Fsp3) is 0.158. The molecule has 0 aliphatic carbocycles. The first-order valence-electron chi connectivity index (χ1n) is 8.30. The van der Waals surface area contributed by atoms with E-state index in [1.165, 1.54) is 0 Å². The summed E-state index contributed by atoms with van der Waals surface area (Å²) in [6.07, 6.45) is 4.51. The molecule has 0 unspecified atom stereocenters. The molecule has 28 heavy (non-hydrogen) atoms. The minimum absolute atomic E-state index is 0.307. The normalized spacial score (nSPS) is 11.3. The van der Waals surface area contributed by atoms with Crippen molar-refractivity contribution in [2.75, 3.05) is 16.3 Å². The molecule has 0 spiro atoms. The molecule has 146 valence electrons. The van der Waals surface area contributed by atoms with Crippen molar-refractivity contribution in [3.63, 3.8) is 0 Å². The van der Waals surface area contributed by atoms with E-state index in [0.29, 0.717) is 21.4 Å². The van der Waals surface area contributed by atoms with Gasteiger partial charge in [0.25, 0.3) is 5.91 Å². The topological polar surface area (TPSA) is 93.1 Å². The molecular formula is C19H19BrN4O3S. The number of amides is 1. The van der Waals surface area contributed by atoms with Crippen LogP contribution in [0.3, 0.4) is 0 Å². The van der Waals surface area contributed by atoms with Gasteiger partial charge in [0, 0.05) is 29.6 Å². The Labute approximate surface area is 172 Å². The molecule has 0 saturated carbocycles. The summed E-state index contributed by atoms with van der Waals surface area (Å²) in [5.41, 5.74) is 3.94. The molecule has 9 heteroatoms. The summed E-state index contributed by atoms with van der Waals surface area (Å²) in [7, 11) is -1.57. The quantitative estimate of drug-likeness (QED) is 0.603. The number of nitrogens with zero attached hydrogens (tertiary/aromatic N) is 2. The van der Waals surface area contributed by atoms with E-state index in [4.69, 9.17) is 0 Å². The minimum atomic E-state index is -3.42. The average molecular weight is 463 g/mol. The summed E-state index contributed by atoms with van der Waals surface area (Å²) in [6, 6.07) is 10.5. The number of carbonyl (C=O) groups is 1. The first-order valence-corrected chi connectivity index (χ1v) is 11.0. The van der Waals surface area contributed by atoms with Crippen molar-refractivity contribution in [1.82, 2.24) is 9.55 Å². The summed E-state index contributed by atoms with van der Waals surface area (Å²) in [4.78, 5) is 17.1. The molecule has 0 saturated heterocycles. The van der Waals surface area contributed by atoms with Crippen LogP contribution in [0.15, 0.2) is 53.3 Å². The fourth-order valence-electron chi connectivity index (χ4n) is 2.82. The monoisotopic (exact) mass is 462 g/mol. The van der Waals surface area contributed by atoms with Crippen LogP contribution >= 0.6 is 15.9 Å². The maximum atomic E-state index is 12.7. The first-order chi connectivity index (χ1) is 13.1. The van der Waals surface area contributed by atoms with Gasteiger partial charge < -0.3 is 9.88 Å². The molecular weight excluding hydrogens is 444 g/mol. The Bertz CT molecular complexity index is 1160. The van der Waals surface area contributed by atoms with Crippen molar-refractivity contribution >= 4 is 43.2 Å². The highest BCUT2D eigenvalue weighted by molar-refractivity contribution is 9.10. The molecule has 0 radical (unpaired) electrons. The van der Waals surface area contributed by atoms with Crippen LogP contribution in [0.25, 0.3) is 11.4 Å². The van der Waals surface area contributed by atoms with Crippen LogP contribution in [0.2, 0.25) is 0 Å². The van der Waals surface area contributed by atoms with Gasteiger partial charge in [-0.1, -0.05) is 22.0 Å². The van der Waals surface area contributed by atoms with Crippen LogP contribution in [-0.4, -0.2) is 30.1 Å². The highest BCUT2D eigenvalue weighted by Gasteiger charge is 2.15. The third-order valence-electron chi connectivity index (χ3n) is 3.98. The number of benzene rings is 1. The Morgan fingerprint density at radius 3 is 2.57 bits per heavy atom. The van der Waals surface area contributed by atoms with Gasteiger partial charge in [0.2, 0.25) is 10.0 Å². The summed E-state index contributed by atoms with van der Waals surface area (Å²) < 4.78 is 27.8. The molecule has 0 aliphatic heterocycles. The molecule has 1 aromatic carbocycles. The van der Waals surface area contributed by atoms with Crippen LogP contribution in [-0.2, 0) is 17.1 Å². The molecule has 3 aromatic rings. The van der Waals surface area contributed by atoms with Crippen LogP contribution in [0.1, 0.15) is 15.9 Å². The van der Waals surface area contributed by atoms with Gasteiger partial charge in [0.15, 0.2) is 0 Å². The Morgan fingerprint density at radius 2 is 1.89 bits per heavy atom. The summed E-state index contributed by atoms with van der Waals surface area (Å²) in [6.45, 7) is 1.97. The summed E-state index contributed by atoms with van der Waals surface area (Å²) in [5.74, 6) is -0.307. The van der Waals surface area contributed by atoms with Crippen molar-refractivity contribution in [3.05, 3.63) is 64.4 Å². The van der Waals surface area contributed by atoms with Gasteiger partial charge in [-0.25, -0.2) is 8.42 Å². The van der Waals surface area contributed by atoms with Gasteiger partial charge in [0.05, 0.1) is 28.9 Å². The highest BCUT2D eigenvalue weighted by atomic mass is 79.9. The van der Waals surface area contributed by atoms with Crippen molar-refractivity contribution in [2.24, 2.45) is 7.05 Å². The second-order valence-corrected chi connectivity index (χ2v) is 9.11. The average Bonchev–Trinajstić information content (AvgIpc) is 2.95. The van der Waals surface area contributed by atoms with E-state index in [1.807, 2.05) is 30.7 Å². The number of aryl methyl sites for hydroxylation is 2. The number of hydrogen-bond donors (Lipinski definition) is 2. The van der Waals surface area contributed by atoms with E-state index in [2.05, 4.69) is 31.0 Å². The van der Waals surface area contributed by atoms with Gasteiger partial charge in [-0.2, -0.15) is 0 Å². The molecule has 0 aliphatic rings. The molecule has 2 heterocycles. The summed E-state index contributed by atoms with van der Waals surface area (Å²) >= 11 is 3.32. The Kier molecular flexibility index (Phi) is 5.57. The highest BCUT2D eigenvalue weighted by Crippen LogP contribution is 2.26. The van der Waals surface area contributed by atoms with Crippen molar-refractivity contribution < 1.29 is 13.2 Å². The zero-order chi connectivity index (χ0) is 20.5. The molecule has 0 fully saturated rings. The van der Waals surface area contributed by atoms with Crippen LogP contribution in [0.4, 0.5) is 11.4 Å². The number of halogens is 1. The molecule has 1 amide bonds. The molecule has 2 aromatic heterocycles. The third-order valence-corrected chi connectivity index (χ3v) is 5.04. The largest absolute Gasteiger partial charge is 0.348 e. The number of carbonyl (C=O) groups excluding carboxylic acids is 1. The lowest BCUT2D eigenvalue weighted by Crippen LogP contribution is -2.13. The number of aromatic nitrogens is 2. The number of nitrogens with one attached hydrogen (secondary N) is 2. The van der Waals surface area contributed by atoms with Gasteiger partial charge >= 0.3 is 0 Å². The predicted molar refractivity (Wildman–Crippen MR) is 114 cm³/mol. The zero-order valence-electron chi connectivity index (χ0n) is 15.5. The smallest absolute Gasteiger partial charge is 0.257 e. The number of anilines is 2. The van der Waals surface area contributed by atoms with Gasteiger partial charge in [0.1, 0.15) is 0 Å². The minimum Gasteiger partial charge on any atom is -0.348 e. The van der Waals surface area contributed by atoms with Crippen LogP contribution in [0.5, 0.6) is 0 Å². The van der Waals surface area contributed by atoms with Crippen molar-refractivity contribution in [1.29, 1.82) is 0 Å². The zero-order valence-corrected chi connectivity index (χ0v) is 17.9. The maximum Gasteiger partial charge on any atom is 0.257 e. The second-order valence-electron chi connectivity index (χ2n) is 6.45. The maximum absolute atomic E-state index is 12.7. The second kappa shape index (κ2) is 7.76. The van der Waals surface area contributed by atoms with Gasteiger partial charge in [-0.3, -0.25) is 14.5 Å². The molecule has 0 atom stereocenters. The lowest BCUT2D eigenvalue weighted by molar-refractivity contribution is 0.102. The predicted octanol–water partition coefficient (Wildman–Crippen LogP) is 3.78. The van der Waals surface area contributed by atoms with Crippen LogP contribution in [0, 0.1) is 6.92 Å². The summed E-state index contributed by atoms with van der Waals surface area (Å²) in [5, 5.41) is 2.79. The number of sulfonamides is 1. The molecule has 3 rings (SSSR count).